The summed E-state index contributed by atoms with van der Waals surface area (Å²) in [5.74, 6) is -0.937. The van der Waals surface area contributed by atoms with Crippen LogP contribution in [0, 0.1) is 17.6 Å². The van der Waals surface area contributed by atoms with Gasteiger partial charge in [-0.3, -0.25) is 4.79 Å². The van der Waals surface area contributed by atoms with Crippen LogP contribution in [0.2, 0.25) is 0 Å². The summed E-state index contributed by atoms with van der Waals surface area (Å²) in [6.45, 7) is 1.96. The Balaban J connectivity index is 1.87. The topological polar surface area (TPSA) is 44.8 Å². The molecule has 4 nitrogen and oxygen atoms in total. The molecule has 124 valence electrons. The van der Waals surface area contributed by atoms with Crippen LogP contribution >= 0.6 is 0 Å². The largest absolute Gasteiger partial charge is 0.494 e. The molecule has 0 N–H and O–H groups in total. The highest BCUT2D eigenvalue weighted by molar-refractivity contribution is 5.91. The van der Waals surface area contributed by atoms with Crippen LogP contribution < -0.4 is 4.74 Å². The van der Waals surface area contributed by atoms with Crippen LogP contribution in [-0.4, -0.2) is 25.3 Å². The Morgan fingerprint density at radius 3 is 2.87 bits per heavy atom. The zero-order chi connectivity index (χ0) is 16.6. The van der Waals surface area contributed by atoms with E-state index >= 15 is 0 Å². The first-order chi connectivity index (χ1) is 11.0. The normalized spacial score (nSPS) is 24.7. The molecule has 1 aromatic rings. The Labute approximate surface area is 133 Å². The number of hydrogen-bond acceptors (Lipinski definition) is 4. The first kappa shape index (κ1) is 15.9. The molecule has 1 aliphatic heterocycles. The number of rotatable bonds is 4. The third kappa shape index (κ3) is 2.72. The summed E-state index contributed by atoms with van der Waals surface area (Å²) in [4.78, 5) is 11.6. The summed E-state index contributed by atoms with van der Waals surface area (Å²) < 4.78 is 43.9. The first-order valence-electron chi connectivity index (χ1n) is 7.50. The van der Waals surface area contributed by atoms with E-state index < -0.39 is 17.2 Å². The lowest BCUT2D eigenvalue weighted by molar-refractivity contribution is -0.117. The molecule has 1 fully saturated rings. The van der Waals surface area contributed by atoms with E-state index in [1.54, 1.807) is 0 Å². The van der Waals surface area contributed by atoms with Crippen LogP contribution in [0.25, 0.3) is 0 Å². The Morgan fingerprint density at radius 1 is 1.35 bits per heavy atom. The van der Waals surface area contributed by atoms with Crippen LogP contribution in [0.5, 0.6) is 5.75 Å². The van der Waals surface area contributed by atoms with E-state index in [1.807, 2.05) is 6.92 Å². The summed E-state index contributed by atoms with van der Waals surface area (Å²) in [6.07, 6.45) is 2.56. The molecule has 0 amide bonds. The number of carbonyl (C=O) groups excluding carboxylic acids is 1. The van der Waals surface area contributed by atoms with Gasteiger partial charge in [-0.2, -0.15) is 0 Å². The highest BCUT2D eigenvalue weighted by Crippen LogP contribution is 2.44. The molecular weight excluding hydrogens is 306 g/mol. The van der Waals surface area contributed by atoms with Gasteiger partial charge in [0.2, 0.25) is 0 Å². The number of ether oxygens (including phenoxy) is 3. The molecule has 1 aliphatic carbocycles. The Hall–Kier alpha value is -1.95. The summed E-state index contributed by atoms with van der Waals surface area (Å²) in [5, 5.41) is 0. The zero-order valence-electron chi connectivity index (χ0n) is 13.0. The van der Waals surface area contributed by atoms with E-state index in [9.17, 15) is 13.6 Å². The molecule has 0 saturated carbocycles. The molecule has 1 saturated heterocycles. The SMILES string of the molecule is COc1cc(F)c(C[C@H](C)[C@]23CCC(=O)C=C2OCO3)cc1F. The highest BCUT2D eigenvalue weighted by Gasteiger charge is 2.49. The predicted molar refractivity (Wildman–Crippen MR) is 77.9 cm³/mol. The van der Waals surface area contributed by atoms with E-state index in [4.69, 9.17) is 14.2 Å². The van der Waals surface area contributed by atoms with Crippen molar-refractivity contribution in [3.63, 3.8) is 0 Å². The van der Waals surface area contributed by atoms with Gasteiger partial charge in [-0.1, -0.05) is 6.92 Å². The Morgan fingerprint density at radius 2 is 2.13 bits per heavy atom. The second-order valence-corrected chi connectivity index (χ2v) is 5.95. The minimum Gasteiger partial charge on any atom is -0.494 e. The number of methoxy groups -OCH3 is 1. The molecule has 23 heavy (non-hydrogen) atoms. The van der Waals surface area contributed by atoms with E-state index in [2.05, 4.69) is 0 Å². The molecule has 6 heteroatoms. The van der Waals surface area contributed by atoms with E-state index in [0.29, 0.717) is 18.6 Å². The quantitative estimate of drug-likeness (QED) is 0.853. The van der Waals surface area contributed by atoms with Crippen LogP contribution in [0.3, 0.4) is 0 Å². The third-order valence-corrected chi connectivity index (χ3v) is 4.63. The highest BCUT2D eigenvalue weighted by atomic mass is 19.1. The average molecular weight is 324 g/mol. The fourth-order valence-electron chi connectivity index (χ4n) is 3.29. The monoisotopic (exact) mass is 324 g/mol. The van der Waals surface area contributed by atoms with Gasteiger partial charge in [-0.15, -0.1) is 0 Å². The maximum absolute atomic E-state index is 14.2. The molecule has 0 bridgehead atoms. The molecule has 3 rings (SSSR count). The third-order valence-electron chi connectivity index (χ3n) is 4.63. The second-order valence-electron chi connectivity index (χ2n) is 5.95. The van der Waals surface area contributed by atoms with Gasteiger partial charge >= 0.3 is 0 Å². The van der Waals surface area contributed by atoms with Crippen molar-refractivity contribution in [3.05, 3.63) is 41.2 Å². The van der Waals surface area contributed by atoms with Gasteiger partial charge in [0, 0.05) is 18.6 Å². The van der Waals surface area contributed by atoms with Crippen molar-refractivity contribution in [2.75, 3.05) is 13.9 Å². The molecule has 1 aromatic carbocycles. The molecular formula is C17H18F2O4. The lowest BCUT2D eigenvalue weighted by Gasteiger charge is -2.35. The van der Waals surface area contributed by atoms with Crippen molar-refractivity contribution in [1.29, 1.82) is 0 Å². The molecule has 2 atom stereocenters. The van der Waals surface area contributed by atoms with Crippen molar-refractivity contribution in [2.45, 2.75) is 31.8 Å². The van der Waals surface area contributed by atoms with Crippen LogP contribution in [-0.2, 0) is 20.7 Å². The fraction of sp³-hybridized carbons (Fsp3) is 0.471. The molecule has 1 heterocycles. The van der Waals surface area contributed by atoms with Gasteiger partial charge in [0.1, 0.15) is 17.2 Å². The Bertz CT molecular complexity index is 671. The minimum absolute atomic E-state index is 0.00463. The average Bonchev–Trinajstić information content (AvgIpc) is 2.94. The first-order valence-corrected chi connectivity index (χ1v) is 7.50. The molecule has 0 radical (unpaired) electrons. The fourth-order valence-corrected chi connectivity index (χ4v) is 3.29. The number of benzene rings is 1. The van der Waals surface area contributed by atoms with Gasteiger partial charge in [-0.05, 0) is 30.4 Å². The smallest absolute Gasteiger partial charge is 0.189 e. The van der Waals surface area contributed by atoms with Crippen molar-refractivity contribution >= 4 is 5.78 Å². The van der Waals surface area contributed by atoms with E-state index in [0.717, 1.165) is 12.1 Å². The van der Waals surface area contributed by atoms with E-state index in [1.165, 1.54) is 13.2 Å². The molecule has 0 spiro atoms. The number of allylic oxidation sites excluding steroid dienone is 1. The van der Waals surface area contributed by atoms with Crippen LogP contribution in [0.4, 0.5) is 8.78 Å². The van der Waals surface area contributed by atoms with Crippen molar-refractivity contribution < 1.29 is 27.8 Å². The molecule has 2 aliphatic rings. The van der Waals surface area contributed by atoms with Gasteiger partial charge in [0.05, 0.1) is 7.11 Å². The maximum Gasteiger partial charge on any atom is 0.189 e. The summed E-state index contributed by atoms with van der Waals surface area (Å²) in [5.41, 5.74) is -0.492. The Kier molecular flexibility index (Phi) is 4.10. The summed E-state index contributed by atoms with van der Waals surface area (Å²) in [7, 11) is 1.29. The number of fused-ring (bicyclic) bond motifs is 1. The van der Waals surface area contributed by atoms with Gasteiger partial charge < -0.3 is 14.2 Å². The zero-order valence-corrected chi connectivity index (χ0v) is 13.0. The number of ketones is 1. The molecule has 0 aromatic heterocycles. The van der Waals surface area contributed by atoms with Gasteiger partial charge in [0.15, 0.2) is 24.1 Å². The predicted octanol–water partition coefficient (Wildman–Crippen LogP) is 3.14. The van der Waals surface area contributed by atoms with Crippen LogP contribution in [0.1, 0.15) is 25.3 Å². The van der Waals surface area contributed by atoms with Crippen molar-refractivity contribution in [1.82, 2.24) is 0 Å². The maximum atomic E-state index is 14.2. The summed E-state index contributed by atoms with van der Waals surface area (Å²) in [6, 6.07) is 2.19. The minimum atomic E-state index is -0.739. The standard InChI is InChI=1S/C17H18F2O4/c1-10(5-11-6-14(19)15(21-2)8-13(11)18)17-4-3-12(20)7-16(17)22-9-23-17/h6-8,10H,3-5,9H2,1-2H3/t10-,17+/m0/s1. The van der Waals surface area contributed by atoms with Crippen LogP contribution in [0.15, 0.2) is 24.0 Å². The lowest BCUT2D eigenvalue weighted by atomic mass is 9.76. The van der Waals surface area contributed by atoms with Crippen molar-refractivity contribution in [2.24, 2.45) is 5.92 Å². The van der Waals surface area contributed by atoms with E-state index in [-0.39, 0.29) is 36.2 Å². The number of carbonyl (C=O) groups is 1. The second kappa shape index (κ2) is 5.92. The molecule has 0 unspecified atom stereocenters. The number of hydrogen-bond donors (Lipinski definition) is 0. The van der Waals surface area contributed by atoms with Gasteiger partial charge in [-0.25, -0.2) is 8.78 Å². The lowest BCUT2D eigenvalue weighted by Crippen LogP contribution is -2.41. The van der Waals surface area contributed by atoms with Crippen molar-refractivity contribution in [3.8, 4) is 5.75 Å². The summed E-state index contributed by atoms with van der Waals surface area (Å²) >= 11 is 0. The number of halogens is 2. The van der Waals surface area contributed by atoms with Gasteiger partial charge in [0.25, 0.3) is 0 Å².